The van der Waals surface area contributed by atoms with Gasteiger partial charge in [-0.3, -0.25) is 4.79 Å². The number of anilines is 2. The highest BCUT2D eigenvalue weighted by Gasteiger charge is 2.15. The van der Waals surface area contributed by atoms with Gasteiger partial charge in [0, 0.05) is 37.8 Å². The van der Waals surface area contributed by atoms with Crippen LogP contribution in [0.3, 0.4) is 0 Å². The molecule has 2 aromatic rings. The minimum Gasteiger partial charge on any atom is -0.368 e. The van der Waals surface area contributed by atoms with Gasteiger partial charge in [-0.1, -0.05) is 17.7 Å². The Bertz CT molecular complexity index is 723. The molecule has 1 aromatic carbocycles. The smallest absolute Gasteiger partial charge is 0.251 e. The second-order valence-electron chi connectivity index (χ2n) is 6.40. The average Bonchev–Trinajstić information content (AvgIpc) is 3.13. The molecule has 6 nitrogen and oxygen atoms in total. The number of hydrogen-bond acceptors (Lipinski definition) is 5. The Hall–Kier alpha value is -2.63. The lowest BCUT2D eigenvalue weighted by Gasteiger charge is -2.17. The number of hydrogen-bond donors (Lipinski definition) is 2. The fraction of sp³-hybridized carbons (Fsp3) is 0.421. The molecule has 2 N–H and O–H groups in total. The van der Waals surface area contributed by atoms with E-state index in [4.69, 9.17) is 0 Å². The van der Waals surface area contributed by atoms with Gasteiger partial charge < -0.3 is 15.5 Å². The van der Waals surface area contributed by atoms with Gasteiger partial charge in [0.25, 0.3) is 5.91 Å². The largest absolute Gasteiger partial charge is 0.368 e. The summed E-state index contributed by atoms with van der Waals surface area (Å²) in [7, 11) is 0. The number of nitrogens with zero attached hydrogens (tertiary/aromatic N) is 3. The fourth-order valence-corrected chi connectivity index (χ4v) is 2.92. The van der Waals surface area contributed by atoms with Crippen LogP contribution in [0.2, 0.25) is 0 Å². The van der Waals surface area contributed by atoms with Crippen molar-refractivity contribution < 1.29 is 4.79 Å². The number of benzene rings is 1. The van der Waals surface area contributed by atoms with Gasteiger partial charge >= 0.3 is 0 Å². The molecule has 1 amide bonds. The van der Waals surface area contributed by atoms with E-state index in [1.54, 1.807) is 0 Å². The van der Waals surface area contributed by atoms with Crippen LogP contribution in [0.1, 0.15) is 34.6 Å². The number of rotatable bonds is 6. The minimum atomic E-state index is -0.0570. The molecule has 25 heavy (non-hydrogen) atoms. The maximum atomic E-state index is 12.1. The van der Waals surface area contributed by atoms with Crippen LogP contribution in [0, 0.1) is 13.8 Å². The summed E-state index contributed by atoms with van der Waals surface area (Å²) < 4.78 is 0. The Kier molecular flexibility index (Phi) is 5.48. The van der Waals surface area contributed by atoms with Gasteiger partial charge in [-0.25, -0.2) is 9.97 Å². The predicted molar refractivity (Wildman–Crippen MR) is 100 cm³/mol. The van der Waals surface area contributed by atoms with Crippen molar-refractivity contribution in [2.45, 2.75) is 26.7 Å². The Morgan fingerprint density at radius 1 is 1.08 bits per heavy atom. The Balaban J connectivity index is 1.50. The fourth-order valence-electron chi connectivity index (χ4n) is 2.92. The van der Waals surface area contributed by atoms with Gasteiger partial charge in [0.05, 0.1) is 0 Å². The van der Waals surface area contributed by atoms with Gasteiger partial charge in [0.2, 0.25) is 0 Å². The van der Waals surface area contributed by atoms with E-state index in [-0.39, 0.29) is 5.91 Å². The molecule has 132 valence electrons. The quantitative estimate of drug-likeness (QED) is 0.792. The van der Waals surface area contributed by atoms with E-state index in [2.05, 4.69) is 25.5 Å². The standard InChI is InChI=1S/C19H25N5O/c1-14-5-7-16(8-6-14)19(25)21-10-9-20-17-13-18(23-15(2)22-17)24-11-3-4-12-24/h5-8,13H,3-4,9-12H2,1-2H3,(H,21,25)(H,20,22,23). The zero-order chi connectivity index (χ0) is 17.6. The third kappa shape index (κ3) is 4.68. The van der Waals surface area contributed by atoms with Crippen LogP contribution in [0.4, 0.5) is 11.6 Å². The molecule has 3 rings (SSSR count). The van der Waals surface area contributed by atoms with Crippen molar-refractivity contribution in [1.29, 1.82) is 0 Å². The highest BCUT2D eigenvalue weighted by Crippen LogP contribution is 2.20. The average molecular weight is 339 g/mol. The van der Waals surface area contributed by atoms with E-state index in [1.165, 1.54) is 12.8 Å². The molecule has 1 aliphatic rings. The van der Waals surface area contributed by atoms with Crippen LogP contribution in [0.25, 0.3) is 0 Å². The van der Waals surface area contributed by atoms with E-state index < -0.39 is 0 Å². The van der Waals surface area contributed by atoms with Gasteiger partial charge in [0.15, 0.2) is 0 Å². The first-order valence-corrected chi connectivity index (χ1v) is 8.81. The summed E-state index contributed by atoms with van der Waals surface area (Å²) in [6.07, 6.45) is 2.44. The van der Waals surface area contributed by atoms with E-state index in [9.17, 15) is 4.79 Å². The summed E-state index contributed by atoms with van der Waals surface area (Å²) in [5, 5.41) is 6.19. The first kappa shape index (κ1) is 17.2. The van der Waals surface area contributed by atoms with Crippen LogP contribution >= 0.6 is 0 Å². The van der Waals surface area contributed by atoms with Crippen LogP contribution < -0.4 is 15.5 Å². The second kappa shape index (κ2) is 7.96. The molecule has 1 fully saturated rings. The zero-order valence-electron chi connectivity index (χ0n) is 14.9. The third-order valence-electron chi connectivity index (χ3n) is 4.28. The highest BCUT2D eigenvalue weighted by atomic mass is 16.1. The Morgan fingerprint density at radius 2 is 1.80 bits per heavy atom. The number of amides is 1. The van der Waals surface area contributed by atoms with Crippen molar-refractivity contribution in [2.75, 3.05) is 36.4 Å². The normalized spacial score (nSPS) is 13.8. The highest BCUT2D eigenvalue weighted by molar-refractivity contribution is 5.94. The molecule has 1 aromatic heterocycles. The van der Waals surface area contributed by atoms with Crippen LogP contribution in [-0.2, 0) is 0 Å². The Labute approximate surface area is 148 Å². The molecule has 0 bridgehead atoms. The maximum Gasteiger partial charge on any atom is 0.251 e. The molecule has 0 unspecified atom stereocenters. The first-order valence-electron chi connectivity index (χ1n) is 8.81. The molecule has 0 radical (unpaired) electrons. The van der Waals surface area contributed by atoms with Gasteiger partial charge in [-0.15, -0.1) is 0 Å². The molecule has 0 atom stereocenters. The Morgan fingerprint density at radius 3 is 2.52 bits per heavy atom. The number of carbonyl (C=O) groups excluding carboxylic acids is 1. The number of nitrogens with one attached hydrogen (secondary N) is 2. The summed E-state index contributed by atoms with van der Waals surface area (Å²) in [5.74, 6) is 2.49. The lowest BCUT2D eigenvalue weighted by Crippen LogP contribution is -2.29. The van der Waals surface area contributed by atoms with E-state index in [0.717, 1.165) is 36.1 Å². The third-order valence-corrected chi connectivity index (χ3v) is 4.28. The topological polar surface area (TPSA) is 70.2 Å². The molecule has 6 heteroatoms. The molecule has 1 saturated heterocycles. The van der Waals surface area contributed by atoms with Crippen molar-refractivity contribution in [3.63, 3.8) is 0 Å². The summed E-state index contributed by atoms with van der Waals surface area (Å²) in [4.78, 5) is 23.3. The van der Waals surface area contributed by atoms with Crippen molar-refractivity contribution >= 4 is 17.5 Å². The molecule has 1 aliphatic heterocycles. The molecular formula is C19H25N5O. The minimum absolute atomic E-state index is 0.0570. The van der Waals surface area contributed by atoms with Gasteiger partial charge in [-0.2, -0.15) is 0 Å². The number of carbonyl (C=O) groups is 1. The predicted octanol–water partition coefficient (Wildman–Crippen LogP) is 2.54. The number of aromatic nitrogens is 2. The SMILES string of the molecule is Cc1ccc(C(=O)NCCNc2cc(N3CCCC3)nc(C)n2)cc1. The molecule has 0 saturated carbocycles. The van der Waals surface area contributed by atoms with Crippen molar-refractivity contribution in [2.24, 2.45) is 0 Å². The maximum absolute atomic E-state index is 12.1. The molecule has 0 spiro atoms. The lowest BCUT2D eigenvalue weighted by atomic mass is 10.1. The van der Waals surface area contributed by atoms with Gasteiger partial charge in [0.1, 0.15) is 17.5 Å². The van der Waals surface area contributed by atoms with Crippen LogP contribution in [0.5, 0.6) is 0 Å². The summed E-state index contributed by atoms with van der Waals surface area (Å²) in [6, 6.07) is 9.55. The molecule has 2 heterocycles. The first-order chi connectivity index (χ1) is 12.1. The van der Waals surface area contributed by atoms with Crippen LogP contribution in [0.15, 0.2) is 30.3 Å². The van der Waals surface area contributed by atoms with E-state index in [1.807, 2.05) is 44.2 Å². The molecule has 0 aliphatic carbocycles. The lowest BCUT2D eigenvalue weighted by molar-refractivity contribution is 0.0955. The zero-order valence-corrected chi connectivity index (χ0v) is 14.9. The monoisotopic (exact) mass is 339 g/mol. The summed E-state index contributed by atoms with van der Waals surface area (Å²) in [6.45, 7) is 7.18. The van der Waals surface area contributed by atoms with Gasteiger partial charge in [-0.05, 0) is 38.8 Å². The van der Waals surface area contributed by atoms with Crippen LogP contribution in [-0.4, -0.2) is 42.1 Å². The summed E-state index contributed by atoms with van der Waals surface area (Å²) in [5.41, 5.74) is 1.82. The van der Waals surface area contributed by atoms with E-state index >= 15 is 0 Å². The summed E-state index contributed by atoms with van der Waals surface area (Å²) >= 11 is 0. The van der Waals surface area contributed by atoms with E-state index in [0.29, 0.717) is 18.7 Å². The number of aryl methyl sites for hydroxylation is 2. The second-order valence-corrected chi connectivity index (χ2v) is 6.40. The molecular weight excluding hydrogens is 314 g/mol. The van der Waals surface area contributed by atoms with Crippen molar-refractivity contribution in [3.05, 3.63) is 47.3 Å². The van der Waals surface area contributed by atoms with Crippen molar-refractivity contribution in [3.8, 4) is 0 Å². The van der Waals surface area contributed by atoms with Crippen molar-refractivity contribution in [1.82, 2.24) is 15.3 Å².